The third kappa shape index (κ3) is 5.94. The van der Waals surface area contributed by atoms with Gasteiger partial charge in [0.15, 0.2) is 11.4 Å². The lowest BCUT2D eigenvalue weighted by Gasteiger charge is -2.14. The van der Waals surface area contributed by atoms with Crippen molar-refractivity contribution in [3.8, 4) is 11.4 Å². The van der Waals surface area contributed by atoms with Gasteiger partial charge in [-0.1, -0.05) is 28.4 Å². The Morgan fingerprint density at radius 2 is 1.69 bits per heavy atom. The molecular weight excluding hydrogens is 560 g/mol. The molecule has 8 nitrogen and oxygen atoms in total. The van der Waals surface area contributed by atoms with Crippen molar-refractivity contribution in [2.45, 2.75) is 17.4 Å². The predicted molar refractivity (Wildman–Crippen MR) is 104 cm³/mol. The molecule has 0 spiro atoms. The highest BCUT2D eigenvalue weighted by Crippen LogP contribution is 2.36. The first-order valence-electron chi connectivity index (χ1n) is 8.60. The maximum Gasteiger partial charge on any atom is 0.573 e. The molecule has 188 valence electrons. The third-order valence-corrected chi connectivity index (χ3v) is 5.83. The summed E-state index contributed by atoms with van der Waals surface area (Å²) in [7, 11) is -5.06. The van der Waals surface area contributed by atoms with E-state index in [1.54, 1.807) is 0 Å². The maximum atomic E-state index is 13.9. The van der Waals surface area contributed by atoms with Crippen molar-refractivity contribution in [1.29, 1.82) is 0 Å². The molecule has 0 fully saturated rings. The molecule has 3 aromatic rings. The van der Waals surface area contributed by atoms with Crippen LogP contribution in [0, 0.1) is 5.82 Å². The van der Waals surface area contributed by atoms with Gasteiger partial charge in [0.25, 0.3) is 15.9 Å². The zero-order valence-corrected chi connectivity index (χ0v) is 18.6. The molecule has 0 atom stereocenters. The molecule has 35 heavy (non-hydrogen) atoms. The molecule has 1 aromatic heterocycles. The number of hydrogen-bond donors (Lipinski definition) is 1. The minimum Gasteiger partial charge on any atom is -0.406 e. The lowest BCUT2D eigenvalue weighted by Crippen LogP contribution is -2.33. The fourth-order valence-corrected chi connectivity index (χ4v) is 4.17. The molecule has 1 N–H and O–H groups in total. The van der Waals surface area contributed by atoms with Crippen molar-refractivity contribution < 1.29 is 48.7 Å². The summed E-state index contributed by atoms with van der Waals surface area (Å²) in [6.45, 7) is 0. The van der Waals surface area contributed by atoms with Gasteiger partial charge in [-0.25, -0.2) is 22.2 Å². The number of rotatable bonds is 5. The number of sulfonamides is 1. The van der Waals surface area contributed by atoms with Crippen molar-refractivity contribution in [2.75, 3.05) is 0 Å². The highest BCUT2D eigenvalue weighted by atomic mass is 35.5. The summed E-state index contributed by atoms with van der Waals surface area (Å²) in [5, 5.41) is 5.17. The van der Waals surface area contributed by atoms with Crippen molar-refractivity contribution >= 4 is 39.1 Å². The van der Waals surface area contributed by atoms with E-state index in [0.717, 1.165) is 6.07 Å². The Kier molecular flexibility index (Phi) is 6.93. The summed E-state index contributed by atoms with van der Waals surface area (Å²) in [4.78, 5) is 11.3. The monoisotopic (exact) mass is 566 g/mol. The smallest absolute Gasteiger partial charge is 0.406 e. The summed E-state index contributed by atoms with van der Waals surface area (Å²) in [6, 6.07) is 4.04. The zero-order valence-electron chi connectivity index (χ0n) is 16.2. The molecule has 0 aliphatic heterocycles. The minimum atomic E-state index is -5.40. The number of carbonyl (C=O) groups excluding carboxylic acids is 1. The number of ether oxygens (including phenoxy) is 1. The van der Waals surface area contributed by atoms with Gasteiger partial charge >= 0.3 is 12.5 Å². The van der Waals surface area contributed by atoms with Crippen molar-refractivity contribution in [1.82, 2.24) is 19.7 Å². The van der Waals surface area contributed by atoms with E-state index in [-0.39, 0.29) is 9.70 Å². The second kappa shape index (κ2) is 9.16. The summed E-state index contributed by atoms with van der Waals surface area (Å²) in [5.41, 5.74) is -4.16. The zero-order chi connectivity index (χ0) is 26.3. The Hall–Kier alpha value is -3.11. The first kappa shape index (κ1) is 26.5. The quantitative estimate of drug-likeness (QED) is 0.447. The highest BCUT2D eigenvalue weighted by Gasteiger charge is 2.43. The van der Waals surface area contributed by atoms with Gasteiger partial charge in [-0.3, -0.25) is 4.79 Å². The van der Waals surface area contributed by atoms with Crippen LogP contribution in [0.2, 0.25) is 10.0 Å². The molecule has 0 saturated carbocycles. The maximum absolute atomic E-state index is 13.9. The SMILES string of the molecule is O=C(NS(=O)(=O)c1cc(Cl)ccc1F)c1nnn(-c2ccc(OC(F)(F)F)cc2Cl)c1C(F)(F)F. The van der Waals surface area contributed by atoms with Crippen LogP contribution < -0.4 is 9.46 Å². The van der Waals surface area contributed by atoms with Gasteiger partial charge in [0.1, 0.15) is 16.5 Å². The first-order valence-corrected chi connectivity index (χ1v) is 10.8. The van der Waals surface area contributed by atoms with E-state index in [4.69, 9.17) is 23.2 Å². The van der Waals surface area contributed by atoms with E-state index >= 15 is 0 Å². The molecule has 1 heterocycles. The molecule has 0 radical (unpaired) electrons. The van der Waals surface area contributed by atoms with E-state index < -0.39 is 67.0 Å². The fourth-order valence-electron chi connectivity index (χ4n) is 2.62. The average molecular weight is 567 g/mol. The van der Waals surface area contributed by atoms with Gasteiger partial charge in [0, 0.05) is 11.1 Å². The Labute approximate surface area is 200 Å². The van der Waals surface area contributed by atoms with Crippen molar-refractivity contribution in [3.63, 3.8) is 0 Å². The van der Waals surface area contributed by atoms with Crippen LogP contribution in [0.5, 0.6) is 5.75 Å². The standard InChI is InChI=1S/C17H7Cl2F7N4O4S/c18-7-1-3-10(20)12(5-7)35(32,33)28-15(31)13-14(16(21,22)23)30(29-27-13)11-4-2-8(6-9(11)19)34-17(24,25)26/h1-6H,(H,28,31). The molecule has 0 aliphatic carbocycles. The lowest BCUT2D eigenvalue weighted by molar-refractivity contribution is -0.274. The number of hydrogen-bond acceptors (Lipinski definition) is 6. The minimum absolute atomic E-state index is 0.0405. The van der Waals surface area contributed by atoms with E-state index in [1.165, 1.54) is 4.72 Å². The van der Waals surface area contributed by atoms with Gasteiger partial charge in [0.2, 0.25) is 0 Å². The van der Waals surface area contributed by atoms with Crippen LogP contribution in [0.15, 0.2) is 41.3 Å². The number of nitrogens with zero attached hydrogens (tertiary/aromatic N) is 3. The number of benzene rings is 2. The van der Waals surface area contributed by atoms with Crippen LogP contribution in [0.1, 0.15) is 16.2 Å². The number of aromatic nitrogens is 3. The van der Waals surface area contributed by atoms with Crippen LogP contribution in [0.25, 0.3) is 5.69 Å². The lowest BCUT2D eigenvalue weighted by atomic mass is 10.2. The van der Waals surface area contributed by atoms with E-state index in [0.29, 0.717) is 30.3 Å². The van der Waals surface area contributed by atoms with Gasteiger partial charge in [-0.05, 0) is 30.3 Å². The van der Waals surface area contributed by atoms with E-state index in [9.17, 15) is 43.9 Å². The number of carbonyl (C=O) groups is 1. The third-order valence-electron chi connectivity index (χ3n) is 3.94. The number of halogens is 9. The topological polar surface area (TPSA) is 103 Å². The predicted octanol–water partition coefficient (Wildman–Crippen LogP) is 4.75. The summed E-state index contributed by atoms with van der Waals surface area (Å²) in [6.07, 6.45) is -10.5. The molecule has 1 amide bonds. The summed E-state index contributed by atoms with van der Waals surface area (Å²) >= 11 is 11.4. The number of nitrogens with one attached hydrogen (secondary N) is 1. The molecule has 0 saturated heterocycles. The Bertz CT molecular complexity index is 1410. The largest absolute Gasteiger partial charge is 0.573 e. The van der Waals surface area contributed by atoms with Crippen molar-refractivity contribution in [2.24, 2.45) is 0 Å². The molecule has 18 heteroatoms. The van der Waals surface area contributed by atoms with Crippen LogP contribution in [0.3, 0.4) is 0 Å². The van der Waals surface area contributed by atoms with Gasteiger partial charge in [-0.2, -0.15) is 13.2 Å². The molecule has 2 aromatic carbocycles. The Balaban J connectivity index is 2.04. The molecule has 0 bridgehead atoms. The molecule has 0 unspecified atom stereocenters. The van der Waals surface area contributed by atoms with Crippen LogP contribution in [-0.4, -0.2) is 35.7 Å². The van der Waals surface area contributed by atoms with Gasteiger partial charge < -0.3 is 4.74 Å². The second-order valence-corrected chi connectivity index (χ2v) is 8.86. The van der Waals surface area contributed by atoms with Crippen LogP contribution in [-0.2, 0) is 16.2 Å². The van der Waals surface area contributed by atoms with Crippen LogP contribution >= 0.6 is 23.2 Å². The molecule has 3 rings (SSSR count). The Morgan fingerprint density at radius 1 is 1.03 bits per heavy atom. The van der Waals surface area contributed by atoms with Gasteiger partial charge in [-0.15, -0.1) is 18.3 Å². The van der Waals surface area contributed by atoms with E-state index in [1.807, 2.05) is 0 Å². The first-order chi connectivity index (χ1) is 16.0. The molecule has 0 aliphatic rings. The number of amides is 1. The second-order valence-electron chi connectivity index (χ2n) is 6.37. The van der Waals surface area contributed by atoms with E-state index in [2.05, 4.69) is 15.0 Å². The highest BCUT2D eigenvalue weighted by molar-refractivity contribution is 7.90. The van der Waals surface area contributed by atoms with Crippen molar-refractivity contribution in [3.05, 3.63) is 63.6 Å². The Morgan fingerprint density at radius 3 is 2.26 bits per heavy atom. The summed E-state index contributed by atoms with van der Waals surface area (Å²) < 4.78 is 122. The fraction of sp³-hybridized carbons (Fsp3) is 0.118. The number of alkyl halides is 6. The molecular formula is C17H7Cl2F7N4O4S. The normalized spacial score (nSPS) is 12.5. The summed E-state index contributed by atoms with van der Waals surface area (Å²) in [5.74, 6) is -4.18. The van der Waals surface area contributed by atoms with Gasteiger partial charge in [0.05, 0.1) is 10.7 Å². The van der Waals surface area contributed by atoms with Crippen LogP contribution in [0.4, 0.5) is 30.7 Å². The average Bonchev–Trinajstić information content (AvgIpc) is 3.14.